The Morgan fingerprint density at radius 2 is 1.77 bits per heavy atom. The summed E-state index contributed by atoms with van der Waals surface area (Å²) in [6.07, 6.45) is 0.702. The number of nitrogens with zero attached hydrogens (tertiary/aromatic N) is 2. The van der Waals surface area contributed by atoms with Crippen molar-refractivity contribution in [3.8, 4) is 0 Å². The maximum atomic E-state index is 13.2. The summed E-state index contributed by atoms with van der Waals surface area (Å²) in [5.41, 5.74) is 1.96. The van der Waals surface area contributed by atoms with E-state index in [4.69, 9.17) is 0 Å². The molecule has 0 spiro atoms. The number of guanidine groups is 1. The summed E-state index contributed by atoms with van der Waals surface area (Å²) in [5.74, 6) is 0.211. The fraction of sp³-hybridized carbons (Fsp3) is 0.350. The average Bonchev–Trinajstić information content (AvgIpc) is 2.61. The summed E-state index contributed by atoms with van der Waals surface area (Å²) in [5, 5.41) is 6.52. The van der Waals surface area contributed by atoms with Crippen LogP contribution in [0, 0.1) is 11.6 Å². The monoisotopic (exact) mass is 360 g/mol. The lowest BCUT2D eigenvalue weighted by Crippen LogP contribution is -2.42. The third kappa shape index (κ3) is 6.11. The van der Waals surface area contributed by atoms with E-state index in [2.05, 4.69) is 20.5 Å². The molecule has 0 radical (unpaired) electrons. The molecule has 0 heterocycles. The van der Waals surface area contributed by atoms with Gasteiger partial charge in [0.2, 0.25) is 0 Å². The normalized spacial score (nSPS) is 12.9. The zero-order chi connectivity index (χ0) is 18.9. The van der Waals surface area contributed by atoms with Crippen LogP contribution in [0.25, 0.3) is 0 Å². The van der Waals surface area contributed by atoms with Gasteiger partial charge in [-0.3, -0.25) is 4.99 Å². The Balaban J connectivity index is 1.87. The molecular weight excluding hydrogens is 334 g/mol. The minimum absolute atomic E-state index is 0.0809. The first-order valence-corrected chi connectivity index (χ1v) is 8.60. The molecule has 0 aliphatic heterocycles. The zero-order valence-electron chi connectivity index (χ0n) is 15.5. The molecule has 0 aliphatic carbocycles. The molecule has 2 aromatic rings. The van der Waals surface area contributed by atoms with Gasteiger partial charge in [-0.25, -0.2) is 8.78 Å². The first-order valence-electron chi connectivity index (χ1n) is 8.60. The zero-order valence-corrected chi connectivity index (χ0v) is 15.5. The number of aliphatic imine (C=N–C) groups is 1. The van der Waals surface area contributed by atoms with Crippen molar-refractivity contribution in [1.82, 2.24) is 15.5 Å². The highest BCUT2D eigenvalue weighted by Gasteiger charge is 2.14. The van der Waals surface area contributed by atoms with Crippen LogP contribution in [0.2, 0.25) is 0 Å². The lowest BCUT2D eigenvalue weighted by Gasteiger charge is -2.26. The smallest absolute Gasteiger partial charge is 0.191 e. The summed E-state index contributed by atoms with van der Waals surface area (Å²) in [6, 6.07) is 13.2. The largest absolute Gasteiger partial charge is 0.356 e. The van der Waals surface area contributed by atoms with Crippen molar-refractivity contribution < 1.29 is 8.78 Å². The number of nitrogens with one attached hydrogen (secondary N) is 2. The van der Waals surface area contributed by atoms with Crippen molar-refractivity contribution in [1.29, 1.82) is 0 Å². The van der Waals surface area contributed by atoms with Gasteiger partial charge < -0.3 is 15.5 Å². The van der Waals surface area contributed by atoms with E-state index in [0.717, 1.165) is 11.1 Å². The maximum Gasteiger partial charge on any atom is 0.191 e. The van der Waals surface area contributed by atoms with Crippen LogP contribution in [0.3, 0.4) is 0 Å². The molecule has 0 fully saturated rings. The van der Waals surface area contributed by atoms with E-state index in [1.165, 1.54) is 24.3 Å². The molecule has 2 aromatic carbocycles. The minimum atomic E-state index is -0.242. The number of rotatable bonds is 7. The highest BCUT2D eigenvalue weighted by atomic mass is 19.1. The van der Waals surface area contributed by atoms with Crippen LogP contribution in [0.15, 0.2) is 53.5 Å². The molecule has 1 atom stereocenters. The van der Waals surface area contributed by atoms with Crippen molar-refractivity contribution in [2.75, 3.05) is 34.2 Å². The van der Waals surface area contributed by atoms with E-state index in [1.54, 1.807) is 25.2 Å². The molecule has 0 amide bonds. The third-order valence-electron chi connectivity index (χ3n) is 4.16. The summed E-state index contributed by atoms with van der Waals surface area (Å²) in [4.78, 5) is 6.29. The number of halogens is 2. The second-order valence-corrected chi connectivity index (χ2v) is 6.29. The van der Waals surface area contributed by atoms with Gasteiger partial charge in [-0.1, -0.05) is 24.3 Å². The van der Waals surface area contributed by atoms with Crippen molar-refractivity contribution in [3.63, 3.8) is 0 Å². The molecular formula is C20H26F2N4. The Morgan fingerprint density at radius 1 is 1.04 bits per heavy atom. The Bertz CT molecular complexity index is 714. The van der Waals surface area contributed by atoms with Gasteiger partial charge in [-0.2, -0.15) is 0 Å². The first-order chi connectivity index (χ1) is 12.5. The quantitative estimate of drug-likeness (QED) is 0.589. The van der Waals surface area contributed by atoms with Gasteiger partial charge >= 0.3 is 0 Å². The number of likely N-dealkylation sites (N-methyl/N-ethyl adjacent to an activating group) is 1. The van der Waals surface area contributed by atoms with Crippen LogP contribution in [0.1, 0.15) is 17.2 Å². The summed E-state index contributed by atoms with van der Waals surface area (Å²) < 4.78 is 26.3. The molecule has 0 saturated heterocycles. The van der Waals surface area contributed by atoms with Crippen molar-refractivity contribution in [3.05, 3.63) is 71.3 Å². The van der Waals surface area contributed by atoms with E-state index in [0.29, 0.717) is 25.5 Å². The standard InChI is InChI=1S/C20H26F2N4/c1-23-20(24-12-11-15-5-4-6-18(22)13-15)25-14-19(26(2)3)16-7-9-17(21)10-8-16/h4-10,13,19H,11-12,14H2,1-3H3,(H2,23,24,25). The van der Waals surface area contributed by atoms with E-state index in [-0.39, 0.29) is 17.7 Å². The van der Waals surface area contributed by atoms with E-state index in [9.17, 15) is 8.78 Å². The summed E-state index contributed by atoms with van der Waals surface area (Å²) >= 11 is 0. The Labute approximate surface area is 153 Å². The van der Waals surface area contributed by atoms with E-state index < -0.39 is 0 Å². The van der Waals surface area contributed by atoms with Crippen molar-refractivity contribution in [2.24, 2.45) is 4.99 Å². The van der Waals surface area contributed by atoms with Crippen LogP contribution in [0.5, 0.6) is 0 Å². The molecule has 0 aliphatic rings. The molecule has 0 aromatic heterocycles. The van der Waals surface area contributed by atoms with Gasteiger partial charge in [0, 0.05) is 20.1 Å². The fourth-order valence-corrected chi connectivity index (χ4v) is 2.72. The molecule has 0 bridgehead atoms. The fourth-order valence-electron chi connectivity index (χ4n) is 2.72. The van der Waals surface area contributed by atoms with E-state index >= 15 is 0 Å². The van der Waals surface area contributed by atoms with Crippen molar-refractivity contribution >= 4 is 5.96 Å². The predicted octanol–water partition coefficient (Wildman–Crippen LogP) is 2.98. The molecule has 140 valence electrons. The topological polar surface area (TPSA) is 39.7 Å². The summed E-state index contributed by atoms with van der Waals surface area (Å²) in [7, 11) is 5.67. The van der Waals surface area contributed by atoms with Gasteiger partial charge in [-0.05, 0) is 55.9 Å². The average molecular weight is 360 g/mol. The molecule has 1 unspecified atom stereocenters. The third-order valence-corrected chi connectivity index (χ3v) is 4.16. The Morgan fingerprint density at radius 3 is 2.38 bits per heavy atom. The van der Waals surface area contributed by atoms with E-state index in [1.807, 2.05) is 20.2 Å². The number of benzene rings is 2. The SMILES string of the molecule is CN=C(NCCc1cccc(F)c1)NCC(c1ccc(F)cc1)N(C)C. The van der Waals surface area contributed by atoms with Crippen LogP contribution < -0.4 is 10.6 Å². The van der Waals surface area contributed by atoms with Gasteiger partial charge in [0.15, 0.2) is 5.96 Å². The molecule has 26 heavy (non-hydrogen) atoms. The van der Waals surface area contributed by atoms with Gasteiger partial charge in [0.05, 0.1) is 6.04 Å². The first kappa shape index (κ1) is 19.8. The predicted molar refractivity (Wildman–Crippen MR) is 102 cm³/mol. The molecule has 6 heteroatoms. The van der Waals surface area contributed by atoms with Crippen molar-refractivity contribution in [2.45, 2.75) is 12.5 Å². The molecule has 2 rings (SSSR count). The summed E-state index contributed by atoms with van der Waals surface area (Å²) in [6.45, 7) is 1.27. The van der Waals surface area contributed by atoms with Crippen LogP contribution in [-0.2, 0) is 6.42 Å². The highest BCUT2D eigenvalue weighted by molar-refractivity contribution is 5.79. The molecule has 4 nitrogen and oxygen atoms in total. The number of hydrogen-bond donors (Lipinski definition) is 2. The number of hydrogen-bond acceptors (Lipinski definition) is 2. The Kier molecular flexibility index (Phi) is 7.53. The van der Waals surface area contributed by atoms with Crippen LogP contribution in [-0.4, -0.2) is 45.1 Å². The second kappa shape index (κ2) is 9.87. The van der Waals surface area contributed by atoms with Crippen LogP contribution >= 0.6 is 0 Å². The van der Waals surface area contributed by atoms with Gasteiger partial charge in [0.25, 0.3) is 0 Å². The Hall–Kier alpha value is -2.47. The lowest BCUT2D eigenvalue weighted by atomic mass is 10.1. The highest BCUT2D eigenvalue weighted by Crippen LogP contribution is 2.17. The van der Waals surface area contributed by atoms with Gasteiger partial charge in [0.1, 0.15) is 11.6 Å². The lowest BCUT2D eigenvalue weighted by molar-refractivity contribution is 0.298. The molecule has 0 saturated carbocycles. The minimum Gasteiger partial charge on any atom is -0.356 e. The second-order valence-electron chi connectivity index (χ2n) is 6.29. The molecule has 2 N–H and O–H groups in total. The van der Waals surface area contributed by atoms with Crippen LogP contribution in [0.4, 0.5) is 8.78 Å². The van der Waals surface area contributed by atoms with Gasteiger partial charge in [-0.15, -0.1) is 0 Å². The maximum absolute atomic E-state index is 13.2.